The monoisotopic (exact) mass is 1370 g/mol. The van der Waals surface area contributed by atoms with Crippen LogP contribution < -0.4 is 0 Å². The second kappa shape index (κ2) is 32.4. The van der Waals surface area contributed by atoms with Crippen molar-refractivity contribution in [1.29, 1.82) is 0 Å². The van der Waals surface area contributed by atoms with Crippen LogP contribution in [-0.4, -0.2) is 35.7 Å². The van der Waals surface area contributed by atoms with Crippen LogP contribution in [0.2, 0.25) is 15.1 Å². The molecule has 7 nitrogen and oxygen atoms in total. The average molecular weight is 1370 g/mol. The number of carbonyl (C=O) groups excluding carboxylic acids is 3. The molecule has 3 atom stereocenters. The van der Waals surface area contributed by atoms with E-state index in [-0.39, 0.29) is 17.3 Å². The van der Waals surface area contributed by atoms with Crippen molar-refractivity contribution in [2.24, 2.45) is 34.0 Å². The number of Topliss-reactive ketones (excluding diaryl/α,β-unsaturated/α-hetero) is 3. The quantitative estimate of drug-likeness (QED) is 0.0327. The summed E-state index contributed by atoms with van der Waals surface area (Å²) in [7, 11) is -4.76. The maximum atomic E-state index is 16.3. The zero-order valence-electron chi connectivity index (χ0n) is 54.4. The van der Waals surface area contributed by atoms with Crippen molar-refractivity contribution in [1.82, 2.24) is 0 Å². The van der Waals surface area contributed by atoms with Crippen LogP contribution in [0, 0.1) is 34.0 Å². The van der Waals surface area contributed by atoms with Gasteiger partial charge >= 0.3 is 7.82 Å². The van der Waals surface area contributed by atoms with Gasteiger partial charge in [0.15, 0.2) is 17.3 Å². The highest BCUT2D eigenvalue weighted by Gasteiger charge is 2.46. The van der Waals surface area contributed by atoms with E-state index in [1.807, 2.05) is 291 Å². The van der Waals surface area contributed by atoms with E-state index >= 15 is 18.9 Å². The molecule has 0 aliphatic heterocycles. The summed E-state index contributed by atoms with van der Waals surface area (Å²) in [5.74, 6) is -1.34. The number of phosphoric ester groups is 1. The van der Waals surface area contributed by atoms with Crippen molar-refractivity contribution in [3.8, 4) is 0 Å². The molecule has 0 saturated heterocycles. The summed E-state index contributed by atoms with van der Waals surface area (Å²) in [4.78, 5) is 47.3. The van der Waals surface area contributed by atoms with Crippen molar-refractivity contribution in [2.75, 3.05) is 0 Å². The molecule has 9 aromatic carbocycles. The van der Waals surface area contributed by atoms with Crippen LogP contribution in [0.25, 0.3) is 0 Å². The third kappa shape index (κ3) is 18.2. The highest BCUT2D eigenvalue weighted by molar-refractivity contribution is 7.48. The van der Waals surface area contributed by atoms with Crippen LogP contribution in [0.3, 0.4) is 0 Å². The molecular formula is C87H78Cl3O7P. The van der Waals surface area contributed by atoms with Crippen molar-refractivity contribution in [2.45, 2.75) is 76.1 Å². The number of allylic oxidation sites excluding steroid dienone is 6. The van der Waals surface area contributed by atoms with Crippen LogP contribution in [-0.2, 0) is 90.3 Å². The maximum Gasteiger partial charge on any atom is 0.477 e. The van der Waals surface area contributed by atoms with Gasteiger partial charge in [-0.25, -0.2) is 4.57 Å². The molecule has 9 aromatic rings. The fourth-order valence-electron chi connectivity index (χ4n) is 13.9. The van der Waals surface area contributed by atoms with Gasteiger partial charge in [-0.05, 0) is 144 Å². The Labute approximate surface area is 591 Å². The van der Waals surface area contributed by atoms with Crippen molar-refractivity contribution < 1.29 is 32.5 Å². The molecule has 0 heterocycles. The maximum absolute atomic E-state index is 16.3. The third-order valence-electron chi connectivity index (χ3n) is 18.9. The lowest BCUT2D eigenvalue weighted by Gasteiger charge is -2.36. The smallest absolute Gasteiger partial charge is 0.298 e. The number of carbonyl (C=O) groups is 3. The molecule has 0 fully saturated rings. The molecule has 3 unspecified atom stereocenters. The molecule has 3 aliphatic carbocycles. The van der Waals surface area contributed by atoms with Crippen LogP contribution in [0.5, 0.6) is 0 Å². The first-order valence-corrected chi connectivity index (χ1v) is 36.2. The van der Waals surface area contributed by atoms with Gasteiger partial charge in [-0.3, -0.25) is 28.0 Å². The van der Waals surface area contributed by atoms with Gasteiger partial charge in [-0.2, -0.15) is 0 Å². The largest absolute Gasteiger partial charge is 0.477 e. The predicted octanol–water partition coefficient (Wildman–Crippen LogP) is 20.3. The fraction of sp³-hybridized carbons (Fsp3) is 0.207. The summed E-state index contributed by atoms with van der Waals surface area (Å²) < 4.78 is 36.5. The highest BCUT2D eigenvalue weighted by atomic mass is 35.5. The van der Waals surface area contributed by atoms with Crippen LogP contribution in [0.4, 0.5) is 0 Å². The molecule has 0 amide bonds. The molecule has 0 N–H and O–H groups in total. The molecule has 0 saturated carbocycles. The van der Waals surface area contributed by atoms with Crippen LogP contribution in [0.1, 0.15) is 50.1 Å². The van der Waals surface area contributed by atoms with E-state index in [9.17, 15) is 0 Å². The predicted molar refractivity (Wildman–Crippen MR) is 396 cm³/mol. The average Bonchev–Trinajstić information content (AvgIpc) is 0.787. The number of rotatable bonds is 30. The SMILES string of the molecule is O=C(C(Cc1ccccc1)Cc1ccc(Cl)cc1)C1(Cc2ccccc2)C=CC(OP(=O)(OC2C=CC(Cc3ccccc3)(C(=O)C(Cc3ccccc3)Cc3ccc(Cl)cc3)C=C2)OC2C=CC(Cc3ccccc3)(C(=O)C(Cc3ccccc3)Cc3ccc(Cl)cc3)C=C2)C=C1. The van der Waals surface area contributed by atoms with E-state index in [4.69, 9.17) is 48.4 Å². The first-order valence-electron chi connectivity index (χ1n) is 33.6. The van der Waals surface area contributed by atoms with Gasteiger partial charge in [0, 0.05) is 32.8 Å². The molecule has 12 rings (SSSR count). The lowest BCUT2D eigenvalue weighted by atomic mass is 9.69. The summed E-state index contributed by atoms with van der Waals surface area (Å²) in [5, 5.41) is 1.84. The van der Waals surface area contributed by atoms with Crippen LogP contribution in [0.15, 0.2) is 328 Å². The Balaban J connectivity index is 0.890. The first kappa shape index (κ1) is 69.3. The molecule has 3 aliphatic rings. The Morgan fingerprint density at radius 1 is 0.286 bits per heavy atom. The third-order valence-corrected chi connectivity index (χ3v) is 21.2. The summed E-state index contributed by atoms with van der Waals surface area (Å²) >= 11 is 19.1. The number of benzene rings is 9. The standard InChI is InChI=1S/C87H78Cl3O7P/c88-76-37-31-67(32-38-76)58-73(55-64-19-7-1-8-20-64)82(91)85(61-70-25-13-4-14-26-70)49-43-79(44-50-85)95-98(94,96-80-45-51-86(52-46-80,62-71-27-15-5-16-28-71)83(92)74(56-65-21-9-2-10-22-65)59-68-33-39-77(89)40-34-68)97-81-47-53-87(54-48-81,63-72-29-17-6-18-30-72)84(93)75(57-66-23-11-3-12-24-66)60-69-35-41-78(90)42-36-69/h1-54,73-75,79-81H,55-63H2. The Morgan fingerprint density at radius 3 is 0.673 bits per heavy atom. The van der Waals surface area contributed by atoms with Gasteiger partial charge in [-0.1, -0.05) is 326 Å². The summed E-state index contributed by atoms with van der Waals surface area (Å²) in [6, 6.07) is 82.9. The number of hydrogen-bond donors (Lipinski definition) is 0. The van der Waals surface area contributed by atoms with E-state index in [0.29, 0.717) is 72.9 Å². The molecular weight excluding hydrogens is 1290 g/mol. The Hall–Kier alpha value is -8.59. The number of ketones is 3. The van der Waals surface area contributed by atoms with E-state index in [1.54, 1.807) is 36.5 Å². The first-order chi connectivity index (χ1) is 47.7. The lowest BCUT2D eigenvalue weighted by Crippen LogP contribution is -2.39. The highest BCUT2D eigenvalue weighted by Crippen LogP contribution is 2.56. The minimum atomic E-state index is -4.76. The minimum absolute atomic E-state index is 0.0113. The zero-order chi connectivity index (χ0) is 67.8. The molecule has 0 spiro atoms. The molecule has 0 bridgehead atoms. The molecule has 0 aromatic heterocycles. The van der Waals surface area contributed by atoms with Crippen molar-refractivity contribution in [3.05, 3.63) is 393 Å². The van der Waals surface area contributed by atoms with E-state index in [2.05, 4.69) is 0 Å². The van der Waals surface area contributed by atoms with E-state index in [1.165, 1.54) is 0 Å². The topological polar surface area (TPSA) is 96.0 Å². The van der Waals surface area contributed by atoms with Crippen molar-refractivity contribution in [3.63, 3.8) is 0 Å². The zero-order valence-corrected chi connectivity index (χ0v) is 57.6. The Kier molecular flexibility index (Phi) is 22.9. The molecule has 494 valence electrons. The van der Waals surface area contributed by atoms with E-state index < -0.39 is 60.1 Å². The minimum Gasteiger partial charge on any atom is -0.298 e. The molecule has 0 radical (unpaired) electrons. The molecule has 11 heteroatoms. The molecule has 98 heavy (non-hydrogen) atoms. The number of hydrogen-bond acceptors (Lipinski definition) is 7. The Morgan fingerprint density at radius 2 is 0.469 bits per heavy atom. The second-order valence-corrected chi connectivity index (χ2v) is 29.0. The number of halogens is 3. The van der Waals surface area contributed by atoms with Gasteiger partial charge in [0.25, 0.3) is 0 Å². The Bertz CT molecular complexity index is 3880. The van der Waals surface area contributed by atoms with Gasteiger partial charge in [-0.15, -0.1) is 0 Å². The fourth-order valence-corrected chi connectivity index (χ4v) is 15.8. The van der Waals surface area contributed by atoms with E-state index in [0.717, 1.165) is 50.1 Å². The van der Waals surface area contributed by atoms with Gasteiger partial charge < -0.3 is 0 Å². The lowest BCUT2D eigenvalue weighted by molar-refractivity contribution is -0.129. The number of phosphoric acid groups is 1. The van der Waals surface area contributed by atoms with Gasteiger partial charge in [0.2, 0.25) is 0 Å². The van der Waals surface area contributed by atoms with Gasteiger partial charge in [0.05, 0.1) is 16.2 Å². The van der Waals surface area contributed by atoms with Crippen LogP contribution >= 0.6 is 42.6 Å². The second-order valence-electron chi connectivity index (χ2n) is 26.2. The summed E-state index contributed by atoms with van der Waals surface area (Å²) in [5.41, 5.74) is 5.46. The van der Waals surface area contributed by atoms with Crippen molar-refractivity contribution >= 4 is 60.0 Å². The van der Waals surface area contributed by atoms with Gasteiger partial charge in [0.1, 0.15) is 18.3 Å². The normalized spacial score (nSPS) is 21.6. The summed E-state index contributed by atoms with van der Waals surface area (Å²) in [6.45, 7) is 0. The summed E-state index contributed by atoms with van der Waals surface area (Å²) in [6.07, 6.45) is 22.8.